The Kier molecular flexibility index (Phi) is 3.23. The summed E-state index contributed by atoms with van der Waals surface area (Å²) in [5, 5.41) is 9.22. The summed E-state index contributed by atoms with van der Waals surface area (Å²) in [5.74, 6) is 0.870. The molecular weight excluding hydrogens is 260 g/mol. The highest BCUT2D eigenvalue weighted by Gasteiger charge is 2.08. The van der Waals surface area contributed by atoms with Crippen LogP contribution in [0.15, 0.2) is 36.7 Å². The van der Waals surface area contributed by atoms with Crippen LogP contribution in [0.5, 0.6) is 5.75 Å². The van der Waals surface area contributed by atoms with Gasteiger partial charge in [-0.15, -0.1) is 11.3 Å². The molecule has 0 aliphatic rings. The van der Waals surface area contributed by atoms with Crippen LogP contribution >= 0.6 is 11.3 Å². The van der Waals surface area contributed by atoms with Crippen molar-refractivity contribution < 1.29 is 9.84 Å². The van der Waals surface area contributed by atoms with E-state index in [4.69, 9.17) is 4.74 Å². The predicted octanol–water partition coefficient (Wildman–Crippen LogP) is 2.49. The Labute approximate surface area is 114 Å². The summed E-state index contributed by atoms with van der Waals surface area (Å²) in [5.41, 5.74) is 2.03. The van der Waals surface area contributed by atoms with Gasteiger partial charge < -0.3 is 9.84 Å². The molecule has 19 heavy (non-hydrogen) atoms. The summed E-state index contributed by atoms with van der Waals surface area (Å²) < 4.78 is 7.17. The number of nitrogens with zero attached hydrogens (tertiary/aromatic N) is 2. The van der Waals surface area contributed by atoms with Crippen LogP contribution in [0.3, 0.4) is 0 Å². The van der Waals surface area contributed by atoms with Crippen molar-refractivity contribution in [2.45, 2.75) is 13.0 Å². The number of aliphatic hydroxyl groups is 1. The Morgan fingerprint density at radius 2 is 2.32 bits per heavy atom. The third-order valence-corrected chi connectivity index (χ3v) is 4.01. The number of rotatable bonds is 4. The molecule has 2 heterocycles. The van der Waals surface area contributed by atoms with E-state index in [1.54, 1.807) is 24.6 Å². The zero-order valence-corrected chi connectivity index (χ0v) is 11.4. The Balaban J connectivity index is 1.89. The van der Waals surface area contributed by atoms with E-state index < -0.39 is 0 Å². The maximum absolute atomic E-state index is 9.22. The molecule has 0 atom stereocenters. The molecule has 2 aromatic heterocycles. The van der Waals surface area contributed by atoms with Gasteiger partial charge in [-0.05, 0) is 17.7 Å². The molecule has 3 aromatic rings. The molecule has 98 valence electrons. The first-order valence-corrected chi connectivity index (χ1v) is 6.80. The maximum Gasteiger partial charge on any atom is 0.194 e. The minimum Gasteiger partial charge on any atom is -0.497 e. The van der Waals surface area contributed by atoms with Crippen molar-refractivity contribution in [3.63, 3.8) is 0 Å². The SMILES string of the molecule is COc1cccc(Cc2cn3c(CO)cnc3s2)c1. The summed E-state index contributed by atoms with van der Waals surface area (Å²) in [6.07, 6.45) is 4.59. The third kappa shape index (κ3) is 2.34. The first-order chi connectivity index (χ1) is 9.30. The first kappa shape index (κ1) is 12.2. The van der Waals surface area contributed by atoms with E-state index in [2.05, 4.69) is 11.1 Å². The van der Waals surface area contributed by atoms with Crippen molar-refractivity contribution in [1.82, 2.24) is 9.38 Å². The number of hydrogen-bond acceptors (Lipinski definition) is 4. The lowest BCUT2D eigenvalue weighted by Crippen LogP contribution is -1.90. The molecule has 0 aliphatic carbocycles. The minimum atomic E-state index is 0.0104. The van der Waals surface area contributed by atoms with E-state index in [9.17, 15) is 5.11 Å². The van der Waals surface area contributed by atoms with E-state index in [0.717, 1.165) is 22.8 Å². The number of imidazole rings is 1. The molecule has 3 rings (SSSR count). The monoisotopic (exact) mass is 274 g/mol. The van der Waals surface area contributed by atoms with E-state index in [1.165, 1.54) is 10.4 Å². The largest absolute Gasteiger partial charge is 0.497 e. The van der Waals surface area contributed by atoms with Crippen LogP contribution < -0.4 is 4.74 Å². The van der Waals surface area contributed by atoms with E-state index in [1.807, 2.05) is 28.8 Å². The molecule has 0 bridgehead atoms. The number of aliphatic hydroxyl groups excluding tert-OH is 1. The summed E-state index contributed by atoms with van der Waals surface area (Å²) >= 11 is 1.64. The lowest BCUT2D eigenvalue weighted by atomic mass is 10.1. The summed E-state index contributed by atoms with van der Waals surface area (Å²) in [7, 11) is 1.67. The van der Waals surface area contributed by atoms with Crippen LogP contribution in [0.4, 0.5) is 0 Å². The number of thiazole rings is 1. The second kappa shape index (κ2) is 5.03. The quantitative estimate of drug-likeness (QED) is 0.795. The minimum absolute atomic E-state index is 0.0104. The van der Waals surface area contributed by atoms with Gasteiger partial charge in [0.15, 0.2) is 4.96 Å². The summed E-state index contributed by atoms with van der Waals surface area (Å²) in [6, 6.07) is 8.05. The van der Waals surface area contributed by atoms with Crippen molar-refractivity contribution >= 4 is 16.3 Å². The molecule has 0 spiro atoms. The summed E-state index contributed by atoms with van der Waals surface area (Å²) in [6.45, 7) is 0.0104. The van der Waals surface area contributed by atoms with Crippen LogP contribution in [0, 0.1) is 0 Å². The Morgan fingerprint density at radius 3 is 3.11 bits per heavy atom. The van der Waals surface area contributed by atoms with Gasteiger partial charge in [0.2, 0.25) is 0 Å². The number of benzene rings is 1. The second-order valence-electron chi connectivity index (χ2n) is 4.29. The molecule has 0 unspecified atom stereocenters. The van der Waals surface area contributed by atoms with Crippen LogP contribution in [0.25, 0.3) is 4.96 Å². The van der Waals surface area contributed by atoms with Gasteiger partial charge in [0, 0.05) is 17.5 Å². The molecule has 5 heteroatoms. The maximum atomic E-state index is 9.22. The first-order valence-electron chi connectivity index (χ1n) is 5.98. The van der Waals surface area contributed by atoms with Crippen molar-refractivity contribution in [2.75, 3.05) is 7.11 Å². The number of methoxy groups -OCH3 is 1. The topological polar surface area (TPSA) is 46.8 Å². The van der Waals surface area contributed by atoms with Crippen molar-refractivity contribution in [3.05, 3.63) is 52.8 Å². The third-order valence-electron chi connectivity index (χ3n) is 3.01. The molecule has 4 nitrogen and oxygen atoms in total. The fourth-order valence-electron chi connectivity index (χ4n) is 2.06. The van der Waals surface area contributed by atoms with Gasteiger partial charge in [0.05, 0.1) is 25.6 Å². The normalized spacial score (nSPS) is 11.1. The van der Waals surface area contributed by atoms with Gasteiger partial charge in [0.1, 0.15) is 5.75 Å². The highest BCUT2D eigenvalue weighted by molar-refractivity contribution is 7.17. The Bertz CT molecular complexity index is 702. The molecular formula is C14H14N2O2S. The Morgan fingerprint density at radius 1 is 1.42 bits per heavy atom. The van der Waals surface area contributed by atoms with E-state index in [-0.39, 0.29) is 6.61 Å². The van der Waals surface area contributed by atoms with E-state index in [0.29, 0.717) is 0 Å². The molecule has 0 fully saturated rings. The van der Waals surface area contributed by atoms with Gasteiger partial charge in [0.25, 0.3) is 0 Å². The average Bonchev–Trinajstić information content (AvgIpc) is 2.98. The van der Waals surface area contributed by atoms with Gasteiger partial charge >= 0.3 is 0 Å². The average molecular weight is 274 g/mol. The predicted molar refractivity (Wildman–Crippen MR) is 74.8 cm³/mol. The number of ether oxygens (including phenoxy) is 1. The highest BCUT2D eigenvalue weighted by Crippen LogP contribution is 2.23. The zero-order valence-electron chi connectivity index (χ0n) is 10.5. The van der Waals surface area contributed by atoms with Crippen LogP contribution in [0.1, 0.15) is 16.1 Å². The molecule has 1 N–H and O–H groups in total. The molecule has 1 aromatic carbocycles. The van der Waals surface area contributed by atoms with Crippen molar-refractivity contribution in [3.8, 4) is 5.75 Å². The number of hydrogen-bond donors (Lipinski definition) is 1. The number of aromatic nitrogens is 2. The van der Waals surface area contributed by atoms with E-state index >= 15 is 0 Å². The molecule has 0 amide bonds. The second-order valence-corrected chi connectivity index (χ2v) is 5.38. The van der Waals surface area contributed by atoms with Crippen molar-refractivity contribution in [2.24, 2.45) is 0 Å². The van der Waals surface area contributed by atoms with Crippen LogP contribution in [0.2, 0.25) is 0 Å². The zero-order chi connectivity index (χ0) is 13.2. The highest BCUT2D eigenvalue weighted by atomic mass is 32.1. The van der Waals surface area contributed by atoms with Gasteiger partial charge in [-0.1, -0.05) is 12.1 Å². The van der Waals surface area contributed by atoms with Gasteiger partial charge in [-0.25, -0.2) is 4.98 Å². The Hall–Kier alpha value is -1.85. The lowest BCUT2D eigenvalue weighted by Gasteiger charge is -2.02. The molecule has 0 aliphatic heterocycles. The number of fused-ring (bicyclic) bond motifs is 1. The van der Waals surface area contributed by atoms with Gasteiger partial charge in [-0.2, -0.15) is 0 Å². The standard InChI is InChI=1S/C14H14N2O2S/c1-18-12-4-2-3-10(5-12)6-13-8-16-11(9-17)7-15-14(16)19-13/h2-5,7-8,17H,6,9H2,1H3. The molecule has 0 saturated carbocycles. The molecule has 0 saturated heterocycles. The molecule has 0 radical (unpaired) electrons. The fourth-order valence-corrected chi connectivity index (χ4v) is 3.07. The summed E-state index contributed by atoms with van der Waals surface area (Å²) in [4.78, 5) is 6.41. The van der Waals surface area contributed by atoms with Crippen LogP contribution in [-0.2, 0) is 13.0 Å². The smallest absolute Gasteiger partial charge is 0.194 e. The van der Waals surface area contributed by atoms with Crippen molar-refractivity contribution in [1.29, 1.82) is 0 Å². The lowest BCUT2D eigenvalue weighted by molar-refractivity contribution is 0.276. The fraction of sp³-hybridized carbons (Fsp3) is 0.214. The van der Waals surface area contributed by atoms with Crippen LogP contribution in [-0.4, -0.2) is 21.6 Å². The van der Waals surface area contributed by atoms with Gasteiger partial charge in [-0.3, -0.25) is 4.40 Å².